The van der Waals surface area contributed by atoms with Crippen LogP contribution in [0.3, 0.4) is 0 Å². The van der Waals surface area contributed by atoms with E-state index in [1.807, 2.05) is 6.07 Å². The quantitative estimate of drug-likeness (QED) is 0.662. The first-order valence-corrected chi connectivity index (χ1v) is 4.70. The lowest BCUT2D eigenvalue weighted by molar-refractivity contribution is 0.101. The maximum absolute atomic E-state index is 11.0. The van der Waals surface area contributed by atoms with Crippen molar-refractivity contribution < 1.29 is 4.79 Å². The summed E-state index contributed by atoms with van der Waals surface area (Å²) in [6.07, 6.45) is 4.97. The van der Waals surface area contributed by atoms with Gasteiger partial charge in [0.25, 0.3) is 0 Å². The summed E-state index contributed by atoms with van der Waals surface area (Å²) in [5, 5.41) is 0. The van der Waals surface area contributed by atoms with Crippen LogP contribution >= 0.6 is 0 Å². The van der Waals surface area contributed by atoms with Gasteiger partial charge in [-0.3, -0.25) is 9.78 Å². The molecule has 0 saturated carbocycles. The average molecular weight is 177 g/mol. The van der Waals surface area contributed by atoms with E-state index in [-0.39, 0.29) is 5.78 Å². The van der Waals surface area contributed by atoms with E-state index < -0.39 is 0 Å². The van der Waals surface area contributed by atoms with Gasteiger partial charge in [0.2, 0.25) is 0 Å². The topological polar surface area (TPSA) is 30.0 Å². The van der Waals surface area contributed by atoms with Crippen molar-refractivity contribution in [3.63, 3.8) is 0 Å². The lowest BCUT2D eigenvalue weighted by Crippen LogP contribution is -1.96. The highest BCUT2D eigenvalue weighted by molar-refractivity contribution is 5.93. The van der Waals surface area contributed by atoms with Gasteiger partial charge in [0.1, 0.15) is 0 Å². The van der Waals surface area contributed by atoms with Gasteiger partial charge >= 0.3 is 0 Å². The minimum Gasteiger partial charge on any atom is -0.295 e. The summed E-state index contributed by atoms with van der Waals surface area (Å²) in [6.45, 7) is 3.73. The lowest BCUT2D eigenvalue weighted by atomic mass is 10.1. The van der Waals surface area contributed by atoms with Gasteiger partial charge in [-0.05, 0) is 31.9 Å². The van der Waals surface area contributed by atoms with Crippen LogP contribution < -0.4 is 0 Å². The van der Waals surface area contributed by atoms with Crippen molar-refractivity contribution >= 4 is 5.78 Å². The van der Waals surface area contributed by atoms with E-state index in [9.17, 15) is 4.79 Å². The van der Waals surface area contributed by atoms with Crippen molar-refractivity contribution in [1.29, 1.82) is 0 Å². The molecule has 0 N–H and O–H groups in total. The Kier molecular flexibility index (Phi) is 3.62. The van der Waals surface area contributed by atoms with Crippen LogP contribution in [0.1, 0.15) is 42.7 Å². The third-order valence-corrected chi connectivity index (χ3v) is 2.01. The zero-order valence-electron chi connectivity index (χ0n) is 8.21. The standard InChI is InChI=1S/C11H15NO/c1-3-4-5-11-8-10(9(2)13)6-7-12-11/h6-8H,3-5H2,1-2H3. The number of rotatable bonds is 4. The highest BCUT2D eigenvalue weighted by Crippen LogP contribution is 2.05. The molecule has 1 rings (SSSR count). The summed E-state index contributed by atoms with van der Waals surface area (Å²) in [6, 6.07) is 3.65. The molecule has 2 nitrogen and oxygen atoms in total. The van der Waals surface area contributed by atoms with Crippen LogP contribution in [0.15, 0.2) is 18.3 Å². The van der Waals surface area contributed by atoms with Crippen LogP contribution in [0.4, 0.5) is 0 Å². The van der Waals surface area contributed by atoms with Gasteiger partial charge in [-0.1, -0.05) is 13.3 Å². The van der Waals surface area contributed by atoms with Crippen molar-refractivity contribution in [3.05, 3.63) is 29.6 Å². The van der Waals surface area contributed by atoms with E-state index in [1.165, 1.54) is 0 Å². The van der Waals surface area contributed by atoms with Crippen molar-refractivity contribution in [2.45, 2.75) is 33.1 Å². The number of aromatic nitrogens is 1. The molecule has 0 aromatic carbocycles. The molecule has 1 aromatic rings. The second-order valence-corrected chi connectivity index (χ2v) is 3.20. The van der Waals surface area contributed by atoms with E-state index in [0.717, 1.165) is 30.5 Å². The second kappa shape index (κ2) is 4.75. The van der Waals surface area contributed by atoms with Crippen LogP contribution in [-0.4, -0.2) is 10.8 Å². The smallest absolute Gasteiger partial charge is 0.159 e. The Balaban J connectivity index is 2.73. The number of hydrogen-bond acceptors (Lipinski definition) is 2. The number of nitrogens with zero attached hydrogens (tertiary/aromatic N) is 1. The molecular weight excluding hydrogens is 162 g/mol. The molecule has 0 radical (unpaired) electrons. The Morgan fingerprint density at radius 3 is 2.92 bits per heavy atom. The van der Waals surface area contributed by atoms with Crippen molar-refractivity contribution in [1.82, 2.24) is 4.98 Å². The van der Waals surface area contributed by atoms with Gasteiger partial charge in [0, 0.05) is 17.5 Å². The molecule has 0 saturated heterocycles. The van der Waals surface area contributed by atoms with Crippen molar-refractivity contribution in [2.24, 2.45) is 0 Å². The average Bonchev–Trinajstić information content (AvgIpc) is 2.15. The summed E-state index contributed by atoms with van der Waals surface area (Å²) in [5.41, 5.74) is 1.79. The summed E-state index contributed by atoms with van der Waals surface area (Å²) >= 11 is 0. The third kappa shape index (κ3) is 2.98. The van der Waals surface area contributed by atoms with E-state index in [4.69, 9.17) is 0 Å². The summed E-state index contributed by atoms with van der Waals surface area (Å²) < 4.78 is 0. The molecule has 2 heteroatoms. The first-order valence-electron chi connectivity index (χ1n) is 4.70. The number of carbonyl (C=O) groups excluding carboxylic acids is 1. The Labute approximate surface area is 79.0 Å². The molecule has 70 valence electrons. The monoisotopic (exact) mass is 177 g/mol. The van der Waals surface area contributed by atoms with E-state index in [1.54, 1.807) is 19.2 Å². The zero-order valence-corrected chi connectivity index (χ0v) is 8.21. The zero-order chi connectivity index (χ0) is 9.68. The first kappa shape index (κ1) is 9.90. The molecule has 0 bridgehead atoms. The highest BCUT2D eigenvalue weighted by Gasteiger charge is 2.00. The molecule has 0 amide bonds. The predicted molar refractivity (Wildman–Crippen MR) is 52.9 cm³/mol. The Morgan fingerprint density at radius 2 is 2.31 bits per heavy atom. The second-order valence-electron chi connectivity index (χ2n) is 3.20. The molecule has 0 fully saturated rings. The maximum atomic E-state index is 11.0. The minimum atomic E-state index is 0.111. The fraction of sp³-hybridized carbons (Fsp3) is 0.455. The van der Waals surface area contributed by atoms with Crippen LogP contribution in [0.5, 0.6) is 0 Å². The number of pyridine rings is 1. The Bertz CT molecular complexity index is 294. The maximum Gasteiger partial charge on any atom is 0.159 e. The molecule has 0 aliphatic rings. The van der Waals surface area contributed by atoms with Gasteiger partial charge in [-0.15, -0.1) is 0 Å². The molecule has 0 aliphatic carbocycles. The first-order chi connectivity index (χ1) is 6.24. The van der Waals surface area contributed by atoms with E-state index >= 15 is 0 Å². The van der Waals surface area contributed by atoms with Crippen LogP contribution in [-0.2, 0) is 6.42 Å². The molecule has 0 unspecified atom stereocenters. The number of ketones is 1. The van der Waals surface area contributed by atoms with Crippen LogP contribution in [0.25, 0.3) is 0 Å². The van der Waals surface area contributed by atoms with Crippen LogP contribution in [0.2, 0.25) is 0 Å². The number of unbranched alkanes of at least 4 members (excludes halogenated alkanes) is 1. The van der Waals surface area contributed by atoms with Gasteiger partial charge in [-0.2, -0.15) is 0 Å². The molecular formula is C11H15NO. The SMILES string of the molecule is CCCCc1cc(C(C)=O)ccn1. The van der Waals surface area contributed by atoms with Crippen molar-refractivity contribution in [3.8, 4) is 0 Å². The summed E-state index contributed by atoms with van der Waals surface area (Å²) in [7, 11) is 0. The Hall–Kier alpha value is -1.18. The normalized spacial score (nSPS) is 10.0. The van der Waals surface area contributed by atoms with Gasteiger partial charge in [0.05, 0.1) is 0 Å². The van der Waals surface area contributed by atoms with Gasteiger partial charge in [0.15, 0.2) is 5.78 Å². The van der Waals surface area contributed by atoms with Crippen molar-refractivity contribution in [2.75, 3.05) is 0 Å². The fourth-order valence-electron chi connectivity index (χ4n) is 1.19. The molecule has 1 heterocycles. The van der Waals surface area contributed by atoms with Gasteiger partial charge in [-0.25, -0.2) is 0 Å². The van der Waals surface area contributed by atoms with E-state index in [2.05, 4.69) is 11.9 Å². The predicted octanol–water partition coefficient (Wildman–Crippen LogP) is 2.63. The fourth-order valence-corrected chi connectivity index (χ4v) is 1.19. The molecule has 0 spiro atoms. The highest BCUT2D eigenvalue weighted by atomic mass is 16.1. The molecule has 13 heavy (non-hydrogen) atoms. The number of hydrogen-bond donors (Lipinski definition) is 0. The molecule has 0 aliphatic heterocycles. The lowest BCUT2D eigenvalue weighted by Gasteiger charge is -2.00. The largest absolute Gasteiger partial charge is 0.295 e. The third-order valence-electron chi connectivity index (χ3n) is 2.01. The number of aryl methyl sites for hydroxylation is 1. The van der Waals surface area contributed by atoms with Gasteiger partial charge < -0.3 is 0 Å². The van der Waals surface area contributed by atoms with Crippen LogP contribution in [0, 0.1) is 0 Å². The summed E-state index contributed by atoms with van der Waals surface area (Å²) in [5.74, 6) is 0.111. The summed E-state index contributed by atoms with van der Waals surface area (Å²) in [4.78, 5) is 15.3. The van der Waals surface area contributed by atoms with E-state index in [0.29, 0.717) is 0 Å². The minimum absolute atomic E-state index is 0.111. The molecule has 0 atom stereocenters. The number of carbonyl (C=O) groups is 1. The number of Topliss-reactive ketones (excluding diaryl/α,β-unsaturated/α-hetero) is 1. The Morgan fingerprint density at radius 1 is 1.54 bits per heavy atom. The molecule has 1 aromatic heterocycles.